The van der Waals surface area contributed by atoms with Gasteiger partial charge in [-0.3, -0.25) is 9.88 Å². The van der Waals surface area contributed by atoms with Crippen molar-refractivity contribution in [1.29, 1.82) is 0 Å². The minimum Gasteiger partial charge on any atom is -0.450 e. The molecule has 0 aliphatic carbocycles. The lowest BCUT2D eigenvalue weighted by Crippen LogP contribution is -2.31. The summed E-state index contributed by atoms with van der Waals surface area (Å²) in [6.45, 7) is 2.04. The van der Waals surface area contributed by atoms with E-state index in [2.05, 4.69) is 35.2 Å². The second-order valence-electron chi connectivity index (χ2n) is 10.3. The van der Waals surface area contributed by atoms with E-state index in [4.69, 9.17) is 16.3 Å². The van der Waals surface area contributed by atoms with Crippen LogP contribution in [0.1, 0.15) is 17.5 Å². The number of aryl methyl sites for hydroxylation is 1. The van der Waals surface area contributed by atoms with E-state index in [1.807, 2.05) is 14.1 Å². The molecule has 1 saturated heterocycles. The predicted molar refractivity (Wildman–Crippen MR) is 149 cm³/mol. The highest BCUT2D eigenvalue weighted by atomic mass is 35.5. The van der Waals surface area contributed by atoms with Crippen molar-refractivity contribution in [2.75, 3.05) is 32.5 Å². The Morgan fingerprint density at radius 1 is 1.15 bits per heavy atom. The first-order valence-corrected chi connectivity index (χ1v) is 13.3. The Labute approximate surface area is 238 Å². The number of imidazole rings is 1. The van der Waals surface area contributed by atoms with Gasteiger partial charge in [-0.2, -0.15) is 23.3 Å². The number of anilines is 2. The van der Waals surface area contributed by atoms with Gasteiger partial charge < -0.3 is 19.5 Å². The fraction of sp³-hybridized carbons (Fsp3) is 0.333. The number of rotatable bonds is 7. The standard InChI is InChI=1S/C27H27ClF3N9O/c1-37(2)19-4-6-39(15-19)14-16-8-17(27(29,30)31)10-18(9-16)35-26-36-25-24(38(26)3)23(28)22(12-33-25)41-21-13-34-40-7-5-32-11-20(21)40/h5,7-13,19H,4,6,14-15H2,1-3H3,(H,33,35,36)/t19-/m1/s1. The van der Waals surface area contributed by atoms with E-state index in [9.17, 15) is 13.2 Å². The number of aromatic nitrogens is 6. The van der Waals surface area contributed by atoms with Crippen molar-refractivity contribution >= 4 is 39.9 Å². The van der Waals surface area contributed by atoms with Crippen molar-refractivity contribution in [3.05, 3.63) is 65.3 Å². The zero-order valence-electron chi connectivity index (χ0n) is 22.5. The highest BCUT2D eigenvalue weighted by Crippen LogP contribution is 2.38. The average Bonchev–Trinajstić information content (AvgIpc) is 3.64. The molecule has 0 bridgehead atoms. The fourth-order valence-electron chi connectivity index (χ4n) is 5.09. The second kappa shape index (κ2) is 10.5. The van der Waals surface area contributed by atoms with E-state index >= 15 is 0 Å². The van der Waals surface area contributed by atoms with Crippen LogP contribution in [0.3, 0.4) is 0 Å². The highest BCUT2D eigenvalue weighted by Gasteiger charge is 2.32. The van der Waals surface area contributed by atoms with Gasteiger partial charge in [0.1, 0.15) is 16.1 Å². The number of alkyl halides is 3. The van der Waals surface area contributed by atoms with E-state index < -0.39 is 11.7 Å². The number of pyridine rings is 1. The smallest absolute Gasteiger partial charge is 0.416 e. The molecule has 0 unspecified atom stereocenters. The van der Waals surface area contributed by atoms with Gasteiger partial charge in [-0.15, -0.1) is 0 Å². The van der Waals surface area contributed by atoms with Crippen LogP contribution in [0, 0.1) is 0 Å². The van der Waals surface area contributed by atoms with Crippen LogP contribution < -0.4 is 10.1 Å². The van der Waals surface area contributed by atoms with Gasteiger partial charge in [-0.05, 0) is 44.3 Å². The summed E-state index contributed by atoms with van der Waals surface area (Å²) in [7, 11) is 5.74. The van der Waals surface area contributed by atoms with E-state index in [-0.39, 0.29) is 22.4 Å². The van der Waals surface area contributed by atoms with Crippen LogP contribution in [0.25, 0.3) is 16.7 Å². The maximum atomic E-state index is 13.8. The van der Waals surface area contributed by atoms with Crippen LogP contribution in [-0.4, -0.2) is 72.2 Å². The van der Waals surface area contributed by atoms with Gasteiger partial charge in [-0.1, -0.05) is 11.6 Å². The van der Waals surface area contributed by atoms with Crippen molar-refractivity contribution in [3.8, 4) is 11.5 Å². The molecule has 41 heavy (non-hydrogen) atoms. The molecule has 214 valence electrons. The molecule has 0 spiro atoms. The Morgan fingerprint density at radius 2 is 1.98 bits per heavy atom. The Kier molecular flexibility index (Phi) is 6.96. The molecular formula is C27H27ClF3N9O. The number of benzene rings is 1. The van der Waals surface area contributed by atoms with Gasteiger partial charge in [0.25, 0.3) is 0 Å². The van der Waals surface area contributed by atoms with Crippen LogP contribution in [0.5, 0.6) is 11.5 Å². The Hall–Kier alpha value is -3.94. The summed E-state index contributed by atoms with van der Waals surface area (Å²) in [6.07, 6.45) is 4.37. The van der Waals surface area contributed by atoms with Crippen molar-refractivity contribution in [2.45, 2.75) is 25.2 Å². The fourth-order valence-corrected chi connectivity index (χ4v) is 5.39. The van der Waals surface area contributed by atoms with Gasteiger partial charge in [0.05, 0.1) is 24.2 Å². The van der Waals surface area contributed by atoms with Gasteiger partial charge in [0.15, 0.2) is 17.1 Å². The Balaban J connectivity index is 1.29. The number of likely N-dealkylation sites (tertiary alicyclic amines) is 1. The third-order valence-electron chi connectivity index (χ3n) is 7.27. The van der Waals surface area contributed by atoms with Crippen LogP contribution in [0.2, 0.25) is 5.02 Å². The average molecular weight is 586 g/mol. The molecule has 1 N–H and O–H groups in total. The van der Waals surface area contributed by atoms with Crippen molar-refractivity contribution in [3.63, 3.8) is 0 Å². The van der Waals surface area contributed by atoms with Crippen molar-refractivity contribution < 1.29 is 17.9 Å². The summed E-state index contributed by atoms with van der Waals surface area (Å²) in [6, 6.07) is 4.40. The summed E-state index contributed by atoms with van der Waals surface area (Å²) < 4.78 is 50.8. The molecule has 1 fully saturated rings. The first kappa shape index (κ1) is 27.2. The van der Waals surface area contributed by atoms with Crippen LogP contribution >= 0.6 is 11.6 Å². The molecule has 4 aromatic heterocycles. The third-order valence-corrected chi connectivity index (χ3v) is 7.64. The molecule has 10 nitrogen and oxygen atoms in total. The predicted octanol–water partition coefficient (Wildman–Crippen LogP) is 5.36. The number of hydrogen-bond acceptors (Lipinski definition) is 8. The van der Waals surface area contributed by atoms with Crippen molar-refractivity contribution in [2.24, 2.45) is 7.05 Å². The van der Waals surface area contributed by atoms with Crippen molar-refractivity contribution in [1.82, 2.24) is 38.9 Å². The second-order valence-corrected chi connectivity index (χ2v) is 10.7. The molecule has 14 heteroatoms. The van der Waals surface area contributed by atoms with Gasteiger partial charge in [-0.25, -0.2) is 9.50 Å². The summed E-state index contributed by atoms with van der Waals surface area (Å²) >= 11 is 6.72. The normalized spacial score (nSPS) is 16.3. The molecule has 1 aliphatic rings. The Morgan fingerprint density at radius 3 is 2.73 bits per heavy atom. The first-order chi connectivity index (χ1) is 19.6. The highest BCUT2D eigenvalue weighted by molar-refractivity contribution is 6.36. The third kappa shape index (κ3) is 5.39. The molecule has 5 aromatic rings. The van der Waals surface area contributed by atoms with E-state index in [0.29, 0.717) is 40.6 Å². The number of likely N-dealkylation sites (N-methyl/N-ethyl adjacent to an activating group) is 1. The minimum atomic E-state index is -4.50. The quantitative estimate of drug-likeness (QED) is 0.273. The number of nitrogens with one attached hydrogen (secondary N) is 1. The molecule has 0 radical (unpaired) electrons. The summed E-state index contributed by atoms with van der Waals surface area (Å²) in [4.78, 5) is 17.3. The number of hydrogen-bond donors (Lipinski definition) is 1. The minimum absolute atomic E-state index is 0.246. The number of fused-ring (bicyclic) bond motifs is 2. The molecule has 1 aromatic carbocycles. The first-order valence-electron chi connectivity index (χ1n) is 12.9. The molecule has 5 heterocycles. The monoisotopic (exact) mass is 585 g/mol. The van der Waals surface area contributed by atoms with E-state index in [0.717, 1.165) is 25.6 Å². The molecule has 1 atom stereocenters. The molecular weight excluding hydrogens is 559 g/mol. The molecule has 0 amide bonds. The molecule has 1 aliphatic heterocycles. The van der Waals surface area contributed by atoms with Crippen LogP contribution in [-0.2, 0) is 19.8 Å². The molecule has 0 saturated carbocycles. The van der Waals surface area contributed by atoms with Gasteiger partial charge in [0.2, 0.25) is 5.95 Å². The summed E-state index contributed by atoms with van der Waals surface area (Å²) in [5.74, 6) is 0.995. The number of nitrogens with zero attached hydrogens (tertiary/aromatic N) is 8. The summed E-state index contributed by atoms with van der Waals surface area (Å²) in [5, 5.41) is 7.52. The topological polar surface area (TPSA) is 88.6 Å². The zero-order chi connectivity index (χ0) is 28.9. The maximum absolute atomic E-state index is 13.8. The lowest BCUT2D eigenvalue weighted by Gasteiger charge is -2.21. The maximum Gasteiger partial charge on any atom is 0.416 e. The van der Waals surface area contributed by atoms with Gasteiger partial charge in [0, 0.05) is 50.8 Å². The van der Waals surface area contributed by atoms with Gasteiger partial charge >= 0.3 is 6.18 Å². The number of ether oxygens (including phenoxy) is 1. The number of halogens is 4. The van der Waals surface area contributed by atoms with E-state index in [1.165, 1.54) is 12.3 Å². The summed E-state index contributed by atoms with van der Waals surface area (Å²) in [5.41, 5.74) is 1.52. The molecule has 6 rings (SSSR count). The zero-order valence-corrected chi connectivity index (χ0v) is 23.3. The van der Waals surface area contributed by atoms with E-state index in [1.54, 1.807) is 47.0 Å². The van der Waals surface area contributed by atoms with Crippen LogP contribution in [0.15, 0.2) is 49.2 Å². The lowest BCUT2D eigenvalue weighted by molar-refractivity contribution is -0.137. The Bertz CT molecular complexity index is 1730. The SMILES string of the molecule is CN(C)[C@@H]1CCN(Cc2cc(Nc3nc4ncc(Oc5cnn6ccncc56)c(Cl)c4n3C)cc(C(F)(F)F)c2)C1. The van der Waals surface area contributed by atoms with Crippen LogP contribution in [0.4, 0.5) is 24.8 Å². The lowest BCUT2D eigenvalue weighted by atomic mass is 10.1. The largest absolute Gasteiger partial charge is 0.450 e.